The Labute approximate surface area is 184 Å². The van der Waals surface area contributed by atoms with E-state index in [1.54, 1.807) is 12.1 Å². The normalized spacial score (nSPS) is 19.0. The van der Waals surface area contributed by atoms with Crippen molar-refractivity contribution in [2.75, 3.05) is 4.90 Å². The van der Waals surface area contributed by atoms with Gasteiger partial charge in [0.15, 0.2) is 0 Å². The number of nitrogens with one attached hydrogen (secondary N) is 1. The summed E-state index contributed by atoms with van der Waals surface area (Å²) in [6.07, 6.45) is 2.91. The molecule has 7 heteroatoms. The van der Waals surface area contributed by atoms with Gasteiger partial charge in [-0.15, -0.1) is 0 Å². The number of urea groups is 1. The molecule has 2 atom stereocenters. The fraction of sp³-hybridized carbons (Fsp3) is 0.458. The first-order chi connectivity index (χ1) is 15.1. The number of rotatable bonds is 5. The number of ether oxygens (including phenoxy) is 2. The molecule has 2 aliphatic heterocycles. The number of anilines is 1. The number of carbonyl (C=O) groups excluding carboxylic acids is 2. The molecule has 2 aromatic rings. The molecule has 3 amide bonds. The molecule has 1 saturated heterocycles. The largest absolute Gasteiger partial charge is 0.439 e. The van der Waals surface area contributed by atoms with Crippen LogP contribution in [0.1, 0.15) is 71.6 Å². The van der Waals surface area contributed by atoms with Gasteiger partial charge in [0.2, 0.25) is 5.88 Å². The fourth-order valence-electron chi connectivity index (χ4n) is 3.50. The zero-order valence-electron chi connectivity index (χ0n) is 19.3. The summed E-state index contributed by atoms with van der Waals surface area (Å²) in [6, 6.07) is 8.28. The highest BCUT2D eigenvalue weighted by atomic mass is 16.5. The Morgan fingerprint density at radius 1 is 1.10 bits per heavy atom. The minimum absolute atomic E-state index is 0.0207. The summed E-state index contributed by atoms with van der Waals surface area (Å²) in [6.45, 7) is 12.5. The first-order valence-electron chi connectivity index (χ1n) is 11.1. The average molecular weight is 428 g/mol. The van der Waals surface area contributed by atoms with E-state index in [4.69, 9.17) is 9.47 Å². The van der Waals surface area contributed by atoms with Crippen LogP contribution in [0.5, 0.6) is 11.6 Å². The maximum atomic E-state index is 12.3. The Morgan fingerprint density at radius 3 is 2.42 bits per heavy atom. The van der Waals surface area contributed by atoms with Crippen molar-refractivity contribution >= 4 is 17.6 Å². The van der Waals surface area contributed by atoms with Gasteiger partial charge in [-0.1, -0.05) is 53.7 Å². The quantitative estimate of drug-likeness (QED) is 0.615. The van der Waals surface area contributed by atoms with Gasteiger partial charge in [-0.25, -0.2) is 14.7 Å². The SMILES string of the molecule is CC.CC.CCC1OCc2cccc(Oc3ccc(N4C(=O)N[C@H](CC)C4=O)cn3)c21. The number of amides is 3. The third-order valence-electron chi connectivity index (χ3n) is 4.91. The Morgan fingerprint density at radius 2 is 1.84 bits per heavy atom. The van der Waals surface area contributed by atoms with Crippen molar-refractivity contribution in [2.45, 2.75) is 73.1 Å². The highest BCUT2D eigenvalue weighted by molar-refractivity contribution is 6.21. The summed E-state index contributed by atoms with van der Waals surface area (Å²) < 4.78 is 11.8. The Hall–Kier alpha value is -2.93. The van der Waals surface area contributed by atoms with Crippen molar-refractivity contribution < 1.29 is 19.1 Å². The Bertz CT molecular complexity index is 883. The molecule has 1 unspecified atom stereocenters. The number of pyridine rings is 1. The van der Waals surface area contributed by atoms with E-state index in [0.29, 0.717) is 24.6 Å². The molecule has 3 heterocycles. The number of carbonyl (C=O) groups is 2. The third kappa shape index (κ3) is 5.05. The minimum atomic E-state index is -0.480. The number of imide groups is 1. The van der Waals surface area contributed by atoms with Gasteiger partial charge >= 0.3 is 6.03 Å². The van der Waals surface area contributed by atoms with Crippen LogP contribution in [0.15, 0.2) is 36.5 Å². The summed E-state index contributed by atoms with van der Waals surface area (Å²) in [5.74, 6) is 0.855. The van der Waals surface area contributed by atoms with Crippen LogP contribution in [-0.2, 0) is 16.1 Å². The van der Waals surface area contributed by atoms with Crippen molar-refractivity contribution in [1.82, 2.24) is 10.3 Å². The second-order valence-corrected chi connectivity index (χ2v) is 6.58. The van der Waals surface area contributed by atoms with E-state index >= 15 is 0 Å². The van der Waals surface area contributed by atoms with Crippen LogP contribution in [0.25, 0.3) is 0 Å². The predicted molar refractivity (Wildman–Crippen MR) is 121 cm³/mol. The molecule has 1 aromatic heterocycles. The molecule has 0 bridgehead atoms. The van der Waals surface area contributed by atoms with Crippen molar-refractivity contribution in [1.29, 1.82) is 0 Å². The Balaban J connectivity index is 0.000000807. The van der Waals surface area contributed by atoms with Gasteiger partial charge in [-0.3, -0.25) is 4.79 Å². The minimum Gasteiger partial charge on any atom is -0.439 e. The topological polar surface area (TPSA) is 80.8 Å². The lowest BCUT2D eigenvalue weighted by Crippen LogP contribution is -2.31. The van der Waals surface area contributed by atoms with Crippen LogP contribution in [0.2, 0.25) is 0 Å². The summed E-state index contributed by atoms with van der Waals surface area (Å²) in [4.78, 5) is 29.7. The van der Waals surface area contributed by atoms with Gasteiger partial charge in [-0.05, 0) is 30.5 Å². The van der Waals surface area contributed by atoms with Crippen LogP contribution in [0.4, 0.5) is 10.5 Å². The number of fused-ring (bicyclic) bond motifs is 1. The number of aromatic nitrogens is 1. The molecule has 4 rings (SSSR count). The highest BCUT2D eigenvalue weighted by Crippen LogP contribution is 2.40. The van der Waals surface area contributed by atoms with Crippen LogP contribution < -0.4 is 15.0 Å². The van der Waals surface area contributed by atoms with Crippen LogP contribution in [0, 0.1) is 0 Å². The van der Waals surface area contributed by atoms with Gasteiger partial charge in [-0.2, -0.15) is 0 Å². The third-order valence-corrected chi connectivity index (χ3v) is 4.91. The van der Waals surface area contributed by atoms with Crippen LogP contribution >= 0.6 is 0 Å². The van der Waals surface area contributed by atoms with E-state index in [-0.39, 0.29) is 12.0 Å². The second kappa shape index (κ2) is 11.5. The number of benzene rings is 1. The Kier molecular flexibility index (Phi) is 9.00. The van der Waals surface area contributed by atoms with Gasteiger partial charge in [0.05, 0.1) is 24.6 Å². The molecule has 0 spiro atoms. The maximum absolute atomic E-state index is 12.3. The number of hydrogen-bond acceptors (Lipinski definition) is 5. The smallest absolute Gasteiger partial charge is 0.329 e. The lowest BCUT2D eigenvalue weighted by Gasteiger charge is -2.15. The first-order valence-corrected chi connectivity index (χ1v) is 11.1. The first kappa shape index (κ1) is 24.3. The molecule has 2 aliphatic rings. The monoisotopic (exact) mass is 427 g/mol. The van der Waals surface area contributed by atoms with E-state index in [2.05, 4.69) is 17.2 Å². The summed E-state index contributed by atoms with van der Waals surface area (Å²) in [5.41, 5.74) is 2.61. The molecular formula is C24H33N3O4. The van der Waals surface area contributed by atoms with Crippen LogP contribution in [0.3, 0.4) is 0 Å². The fourth-order valence-corrected chi connectivity index (χ4v) is 3.50. The van der Waals surface area contributed by atoms with Crippen molar-refractivity contribution in [3.05, 3.63) is 47.7 Å². The summed E-state index contributed by atoms with van der Waals surface area (Å²) in [5, 5.41) is 2.66. The molecule has 0 aliphatic carbocycles. The predicted octanol–water partition coefficient (Wildman–Crippen LogP) is 5.74. The molecule has 168 valence electrons. The van der Waals surface area contributed by atoms with Crippen molar-refractivity contribution in [3.63, 3.8) is 0 Å². The molecule has 0 saturated carbocycles. The highest BCUT2D eigenvalue weighted by Gasteiger charge is 2.38. The van der Waals surface area contributed by atoms with Gasteiger partial charge in [0, 0.05) is 11.6 Å². The average Bonchev–Trinajstić information content (AvgIpc) is 3.37. The van der Waals surface area contributed by atoms with E-state index in [1.807, 2.05) is 52.8 Å². The lowest BCUT2D eigenvalue weighted by atomic mass is 10.0. The molecule has 1 fully saturated rings. The zero-order valence-corrected chi connectivity index (χ0v) is 19.3. The standard InChI is InChI=1S/C20H21N3O4.2C2H6/c1-3-14-19(24)23(20(25)22-14)13-8-9-17(21-10-13)27-16-7-5-6-12-11-26-15(4-2)18(12)16;2*1-2/h5-10,14-15H,3-4,11H2,1-2H3,(H,22,25);2*1-2H3/t14-,15?;;/m1../s1. The zero-order chi connectivity index (χ0) is 23.0. The van der Waals surface area contributed by atoms with Crippen LogP contribution in [-0.4, -0.2) is 23.0 Å². The summed E-state index contributed by atoms with van der Waals surface area (Å²) in [7, 11) is 0. The lowest BCUT2D eigenvalue weighted by molar-refractivity contribution is -0.118. The van der Waals surface area contributed by atoms with E-state index in [0.717, 1.165) is 28.2 Å². The van der Waals surface area contributed by atoms with E-state index < -0.39 is 12.1 Å². The second-order valence-electron chi connectivity index (χ2n) is 6.58. The van der Waals surface area contributed by atoms with Crippen molar-refractivity contribution in [2.24, 2.45) is 0 Å². The van der Waals surface area contributed by atoms with Gasteiger partial charge in [0.25, 0.3) is 5.91 Å². The summed E-state index contributed by atoms with van der Waals surface area (Å²) >= 11 is 0. The van der Waals surface area contributed by atoms with Gasteiger partial charge in [0.1, 0.15) is 11.8 Å². The molecular weight excluding hydrogens is 394 g/mol. The van der Waals surface area contributed by atoms with Crippen molar-refractivity contribution in [3.8, 4) is 11.6 Å². The van der Waals surface area contributed by atoms with E-state index in [1.165, 1.54) is 6.20 Å². The van der Waals surface area contributed by atoms with E-state index in [9.17, 15) is 9.59 Å². The molecule has 1 N–H and O–H groups in total. The molecule has 31 heavy (non-hydrogen) atoms. The van der Waals surface area contributed by atoms with Gasteiger partial charge < -0.3 is 14.8 Å². The molecule has 0 radical (unpaired) electrons. The number of nitrogens with zero attached hydrogens (tertiary/aromatic N) is 2. The number of hydrogen-bond donors (Lipinski definition) is 1. The maximum Gasteiger partial charge on any atom is 0.329 e. The molecule has 7 nitrogen and oxygen atoms in total. The molecule has 1 aromatic carbocycles.